The van der Waals surface area contributed by atoms with Crippen LogP contribution in [0.1, 0.15) is 30.0 Å². The molecule has 31 heavy (non-hydrogen) atoms. The predicted octanol–water partition coefficient (Wildman–Crippen LogP) is 1.78. The summed E-state index contributed by atoms with van der Waals surface area (Å²) >= 11 is 0. The Kier molecular flexibility index (Phi) is 6.75. The average molecular weight is 426 g/mol. The highest BCUT2D eigenvalue weighted by atomic mass is 16.6. The number of fused-ring (bicyclic) bond motifs is 1. The van der Waals surface area contributed by atoms with E-state index in [1.165, 1.54) is 0 Å². The molecule has 0 aromatic heterocycles. The van der Waals surface area contributed by atoms with E-state index in [2.05, 4.69) is 10.2 Å². The van der Waals surface area contributed by atoms with E-state index in [0.717, 1.165) is 37.1 Å². The molecule has 1 fully saturated rings. The zero-order chi connectivity index (χ0) is 21.8. The first-order valence-corrected chi connectivity index (χ1v) is 10.9. The standard InChI is InChI=1S/C24H31N3O4/c1-16-6-8-17(9-7-16)23(24(25)29)27-12-10-18(11-13-27)26-14-19(28)22-15-30-20-4-2-3-5-21(20)31-22/h2-9,18-19,22-23,26,28H,10-15H2,1H3,(H2,25,29). The van der Waals surface area contributed by atoms with E-state index < -0.39 is 18.2 Å². The summed E-state index contributed by atoms with van der Waals surface area (Å²) in [4.78, 5) is 14.3. The highest BCUT2D eigenvalue weighted by Gasteiger charge is 2.31. The molecule has 3 unspecified atom stereocenters. The highest BCUT2D eigenvalue weighted by molar-refractivity contribution is 5.81. The second kappa shape index (κ2) is 9.68. The lowest BCUT2D eigenvalue weighted by atomic mass is 9.98. The third kappa shape index (κ3) is 5.18. The maximum atomic E-state index is 12.1. The van der Waals surface area contributed by atoms with Crippen molar-refractivity contribution >= 4 is 5.91 Å². The molecule has 4 N–H and O–H groups in total. The van der Waals surface area contributed by atoms with Crippen LogP contribution in [0.15, 0.2) is 48.5 Å². The van der Waals surface area contributed by atoms with Crippen LogP contribution in [-0.4, -0.2) is 60.4 Å². The molecule has 0 spiro atoms. The number of aliphatic hydroxyl groups excluding tert-OH is 1. The van der Waals surface area contributed by atoms with Gasteiger partial charge >= 0.3 is 0 Å². The number of rotatable bonds is 7. The van der Waals surface area contributed by atoms with Crippen molar-refractivity contribution in [2.75, 3.05) is 26.2 Å². The van der Waals surface area contributed by atoms with Gasteiger partial charge in [-0.25, -0.2) is 0 Å². The third-order valence-corrected chi connectivity index (χ3v) is 6.13. The van der Waals surface area contributed by atoms with Gasteiger partial charge in [-0.05, 0) is 37.5 Å². The number of nitrogens with one attached hydrogen (secondary N) is 1. The Morgan fingerprint density at radius 3 is 2.52 bits per heavy atom. The van der Waals surface area contributed by atoms with Gasteiger partial charge in [0.05, 0.1) is 0 Å². The number of para-hydroxylation sites is 2. The molecule has 2 aromatic carbocycles. The van der Waals surface area contributed by atoms with Crippen molar-refractivity contribution in [3.05, 3.63) is 59.7 Å². The first kappa shape index (κ1) is 21.6. The maximum absolute atomic E-state index is 12.1. The fraction of sp³-hybridized carbons (Fsp3) is 0.458. The Hall–Kier alpha value is -2.61. The Balaban J connectivity index is 1.26. The number of carbonyl (C=O) groups is 1. The van der Waals surface area contributed by atoms with E-state index in [1.54, 1.807) is 0 Å². The Morgan fingerprint density at radius 1 is 1.16 bits per heavy atom. The smallest absolute Gasteiger partial charge is 0.239 e. The van der Waals surface area contributed by atoms with Crippen LogP contribution in [0.4, 0.5) is 0 Å². The molecule has 2 aromatic rings. The van der Waals surface area contributed by atoms with Gasteiger partial charge in [-0.2, -0.15) is 0 Å². The fourth-order valence-electron chi connectivity index (χ4n) is 4.31. The largest absolute Gasteiger partial charge is 0.486 e. The van der Waals surface area contributed by atoms with Gasteiger partial charge in [0, 0.05) is 25.7 Å². The molecular weight excluding hydrogens is 394 g/mol. The minimum atomic E-state index is -0.669. The Bertz CT molecular complexity index is 881. The molecule has 4 rings (SSSR count). The molecule has 166 valence electrons. The van der Waals surface area contributed by atoms with Crippen LogP contribution in [0, 0.1) is 6.92 Å². The van der Waals surface area contributed by atoms with Crippen molar-refractivity contribution in [3.63, 3.8) is 0 Å². The molecule has 1 amide bonds. The summed E-state index contributed by atoms with van der Waals surface area (Å²) in [5.74, 6) is 1.06. The average Bonchev–Trinajstić information content (AvgIpc) is 2.79. The topological polar surface area (TPSA) is 97.1 Å². The van der Waals surface area contributed by atoms with Crippen LogP contribution in [-0.2, 0) is 4.79 Å². The number of aliphatic hydroxyl groups is 1. The molecule has 2 aliphatic heterocycles. The highest BCUT2D eigenvalue weighted by Crippen LogP contribution is 2.31. The van der Waals surface area contributed by atoms with Crippen LogP contribution in [0.3, 0.4) is 0 Å². The summed E-state index contributed by atoms with van der Waals surface area (Å²) in [5.41, 5.74) is 7.83. The monoisotopic (exact) mass is 425 g/mol. The van der Waals surface area contributed by atoms with Gasteiger partial charge in [0.25, 0.3) is 0 Å². The van der Waals surface area contributed by atoms with Crippen molar-refractivity contribution in [1.29, 1.82) is 0 Å². The molecule has 0 radical (unpaired) electrons. The summed E-state index contributed by atoms with van der Waals surface area (Å²) in [5, 5.41) is 14.0. The van der Waals surface area contributed by atoms with Gasteiger partial charge in [-0.1, -0.05) is 42.0 Å². The van der Waals surface area contributed by atoms with Gasteiger partial charge in [-0.3, -0.25) is 9.69 Å². The summed E-state index contributed by atoms with van der Waals surface area (Å²) in [6, 6.07) is 15.3. The van der Waals surface area contributed by atoms with Gasteiger partial charge in [-0.15, -0.1) is 0 Å². The van der Waals surface area contributed by atoms with E-state index in [4.69, 9.17) is 15.2 Å². The quantitative estimate of drug-likeness (QED) is 0.626. The number of amides is 1. The van der Waals surface area contributed by atoms with E-state index in [0.29, 0.717) is 24.7 Å². The Morgan fingerprint density at radius 2 is 1.84 bits per heavy atom. The number of aryl methyl sites for hydroxylation is 1. The molecule has 0 aliphatic carbocycles. The molecule has 2 aliphatic rings. The van der Waals surface area contributed by atoms with Crippen LogP contribution in [0.5, 0.6) is 11.5 Å². The summed E-state index contributed by atoms with van der Waals surface area (Å²) in [6.07, 6.45) is 0.695. The molecule has 7 nitrogen and oxygen atoms in total. The van der Waals surface area contributed by atoms with Crippen molar-refractivity contribution < 1.29 is 19.4 Å². The first-order chi connectivity index (χ1) is 15.0. The number of piperidine rings is 1. The van der Waals surface area contributed by atoms with Gasteiger partial charge < -0.3 is 25.6 Å². The molecule has 1 saturated heterocycles. The van der Waals surface area contributed by atoms with E-state index in [1.807, 2.05) is 55.5 Å². The maximum Gasteiger partial charge on any atom is 0.239 e. The molecular formula is C24H31N3O4. The number of benzene rings is 2. The Labute approximate surface area is 183 Å². The molecule has 3 atom stereocenters. The van der Waals surface area contributed by atoms with E-state index >= 15 is 0 Å². The van der Waals surface area contributed by atoms with Crippen LogP contribution < -0.4 is 20.5 Å². The number of ether oxygens (including phenoxy) is 2. The van der Waals surface area contributed by atoms with Crippen molar-refractivity contribution in [2.24, 2.45) is 5.73 Å². The summed E-state index contributed by atoms with van der Waals surface area (Å²) in [6.45, 7) is 4.32. The second-order valence-corrected chi connectivity index (χ2v) is 8.42. The zero-order valence-corrected chi connectivity index (χ0v) is 17.9. The number of carbonyl (C=O) groups excluding carboxylic acids is 1. The van der Waals surface area contributed by atoms with E-state index in [9.17, 15) is 9.90 Å². The lowest BCUT2D eigenvalue weighted by molar-refractivity contribution is -0.124. The number of hydrogen-bond acceptors (Lipinski definition) is 6. The van der Waals surface area contributed by atoms with Gasteiger partial charge in [0.15, 0.2) is 17.6 Å². The normalized spacial score (nSPS) is 21.4. The second-order valence-electron chi connectivity index (χ2n) is 8.42. The van der Waals surface area contributed by atoms with Crippen LogP contribution in [0.25, 0.3) is 0 Å². The lowest BCUT2D eigenvalue weighted by Gasteiger charge is -2.37. The number of likely N-dealkylation sites (tertiary alicyclic amines) is 1. The fourth-order valence-corrected chi connectivity index (χ4v) is 4.31. The van der Waals surface area contributed by atoms with Crippen molar-refractivity contribution in [2.45, 2.75) is 44.1 Å². The number of nitrogens with two attached hydrogens (primary N) is 1. The minimum Gasteiger partial charge on any atom is -0.486 e. The van der Waals surface area contributed by atoms with E-state index in [-0.39, 0.29) is 11.9 Å². The number of hydrogen-bond donors (Lipinski definition) is 3. The van der Waals surface area contributed by atoms with Gasteiger partial charge in [0.1, 0.15) is 18.8 Å². The number of primary amides is 1. The first-order valence-electron chi connectivity index (χ1n) is 10.9. The summed E-state index contributed by atoms with van der Waals surface area (Å²) < 4.78 is 11.6. The molecule has 0 bridgehead atoms. The van der Waals surface area contributed by atoms with Crippen LogP contribution in [0.2, 0.25) is 0 Å². The SMILES string of the molecule is Cc1ccc(C(C(N)=O)N2CCC(NCC(O)C3COc4ccccc4O3)CC2)cc1. The minimum absolute atomic E-state index is 0.272. The zero-order valence-electron chi connectivity index (χ0n) is 17.9. The molecule has 2 heterocycles. The molecule has 0 saturated carbocycles. The molecule has 7 heteroatoms. The summed E-state index contributed by atoms with van der Waals surface area (Å²) in [7, 11) is 0. The van der Waals surface area contributed by atoms with Crippen LogP contribution >= 0.6 is 0 Å². The van der Waals surface area contributed by atoms with Gasteiger partial charge in [0.2, 0.25) is 5.91 Å². The van der Waals surface area contributed by atoms with Crippen molar-refractivity contribution in [3.8, 4) is 11.5 Å². The lowest BCUT2D eigenvalue weighted by Crippen LogP contribution is -2.50. The predicted molar refractivity (Wildman–Crippen MR) is 118 cm³/mol. The van der Waals surface area contributed by atoms with Crippen molar-refractivity contribution in [1.82, 2.24) is 10.2 Å². The number of nitrogens with zero attached hydrogens (tertiary/aromatic N) is 1. The third-order valence-electron chi connectivity index (χ3n) is 6.13.